The van der Waals surface area contributed by atoms with Gasteiger partial charge in [-0.2, -0.15) is 0 Å². The molecule has 134 valence electrons. The average Bonchev–Trinajstić information content (AvgIpc) is 2.74. The zero-order valence-corrected chi connectivity index (χ0v) is 15.9. The quantitative estimate of drug-likeness (QED) is 0.329. The monoisotopic (exact) mass is 351 g/mol. The summed E-state index contributed by atoms with van der Waals surface area (Å²) in [5.41, 5.74) is 5.83. The van der Waals surface area contributed by atoms with Crippen LogP contribution in [0.2, 0.25) is 0 Å². The molecule has 0 bridgehead atoms. The molecule has 3 aromatic carbocycles. The van der Waals surface area contributed by atoms with E-state index >= 15 is 0 Å². The van der Waals surface area contributed by atoms with E-state index in [-0.39, 0.29) is 0 Å². The number of nitrogens with zero attached hydrogens (tertiary/aromatic N) is 1. The van der Waals surface area contributed by atoms with E-state index in [1.165, 1.54) is 11.1 Å². The van der Waals surface area contributed by atoms with Crippen LogP contribution in [-0.2, 0) is 0 Å². The van der Waals surface area contributed by atoms with E-state index in [2.05, 4.69) is 115 Å². The topological polar surface area (TPSA) is 3.24 Å². The number of para-hydroxylation sites is 1. The van der Waals surface area contributed by atoms with E-state index in [9.17, 15) is 0 Å². The number of anilines is 2. The lowest BCUT2D eigenvalue weighted by atomic mass is 10.1. The second kappa shape index (κ2) is 9.40. The number of allylic oxidation sites excluding steroid dienone is 3. The molecular formula is C26H25N. The normalized spacial score (nSPS) is 12.0. The maximum Gasteiger partial charge on any atom is 0.0461 e. The maximum atomic E-state index is 2.27. The van der Waals surface area contributed by atoms with Crippen LogP contribution in [0.15, 0.2) is 109 Å². The predicted molar refractivity (Wildman–Crippen MR) is 119 cm³/mol. The summed E-state index contributed by atoms with van der Waals surface area (Å²) in [6.07, 6.45) is 10.6. The van der Waals surface area contributed by atoms with E-state index in [0.29, 0.717) is 0 Å². The molecule has 0 saturated carbocycles. The van der Waals surface area contributed by atoms with Gasteiger partial charge in [0.05, 0.1) is 0 Å². The molecule has 3 rings (SSSR count). The second-order valence-corrected chi connectivity index (χ2v) is 6.22. The lowest BCUT2D eigenvalue weighted by Crippen LogP contribution is -2.14. The van der Waals surface area contributed by atoms with E-state index in [4.69, 9.17) is 0 Å². The molecular weight excluding hydrogens is 326 g/mol. The highest BCUT2D eigenvalue weighted by Gasteiger charge is 2.11. The van der Waals surface area contributed by atoms with Crippen LogP contribution in [0, 0.1) is 0 Å². The highest BCUT2D eigenvalue weighted by molar-refractivity contribution is 5.74. The Hall–Kier alpha value is -3.32. The fraction of sp³-hybridized carbons (Fsp3) is 0.0769. The van der Waals surface area contributed by atoms with Crippen LogP contribution in [0.5, 0.6) is 0 Å². The molecule has 0 spiro atoms. The molecule has 0 atom stereocenters. The molecule has 0 aromatic heterocycles. The van der Waals surface area contributed by atoms with Gasteiger partial charge < -0.3 is 4.90 Å². The van der Waals surface area contributed by atoms with Crippen molar-refractivity contribution in [3.8, 4) is 0 Å². The van der Waals surface area contributed by atoms with Gasteiger partial charge in [0.2, 0.25) is 0 Å². The Bertz CT molecular complexity index is 917. The Morgan fingerprint density at radius 3 is 1.70 bits per heavy atom. The smallest absolute Gasteiger partial charge is 0.0461 e. The van der Waals surface area contributed by atoms with Gasteiger partial charge in [-0.3, -0.25) is 0 Å². The Balaban J connectivity index is 1.90. The average molecular weight is 351 g/mol. The van der Waals surface area contributed by atoms with Crippen LogP contribution >= 0.6 is 0 Å². The number of hydrogen-bond donors (Lipinski definition) is 0. The zero-order valence-electron chi connectivity index (χ0n) is 15.9. The zero-order chi connectivity index (χ0) is 18.9. The molecule has 0 radical (unpaired) electrons. The van der Waals surface area contributed by atoms with Crippen LogP contribution in [0.25, 0.3) is 12.2 Å². The lowest BCUT2D eigenvalue weighted by Gasteiger charge is -2.26. The van der Waals surface area contributed by atoms with Crippen LogP contribution in [0.4, 0.5) is 11.4 Å². The van der Waals surface area contributed by atoms with Crippen molar-refractivity contribution in [2.45, 2.75) is 13.8 Å². The molecule has 0 heterocycles. The Kier molecular flexibility index (Phi) is 6.43. The van der Waals surface area contributed by atoms with Crippen molar-refractivity contribution < 1.29 is 0 Å². The van der Waals surface area contributed by atoms with Crippen molar-refractivity contribution in [2.75, 3.05) is 4.90 Å². The third-order valence-electron chi connectivity index (χ3n) is 4.32. The minimum absolute atomic E-state index is 1.14. The van der Waals surface area contributed by atoms with E-state index in [1.807, 2.05) is 19.1 Å². The van der Waals surface area contributed by atoms with Crippen LogP contribution in [-0.4, -0.2) is 0 Å². The largest absolute Gasteiger partial charge is 0.311 e. The first-order chi connectivity index (χ1) is 13.3. The minimum Gasteiger partial charge on any atom is -0.311 e. The predicted octanol–water partition coefficient (Wildman–Crippen LogP) is 7.48. The highest BCUT2D eigenvalue weighted by atomic mass is 15.1. The maximum absolute atomic E-state index is 2.27. The van der Waals surface area contributed by atoms with Gasteiger partial charge >= 0.3 is 0 Å². The fourth-order valence-electron chi connectivity index (χ4n) is 2.99. The summed E-state index contributed by atoms with van der Waals surface area (Å²) < 4.78 is 0. The Labute approximate surface area is 162 Å². The van der Waals surface area contributed by atoms with Crippen molar-refractivity contribution in [3.63, 3.8) is 0 Å². The molecule has 0 unspecified atom stereocenters. The van der Waals surface area contributed by atoms with Crippen molar-refractivity contribution in [3.05, 3.63) is 120 Å². The van der Waals surface area contributed by atoms with Crippen LogP contribution in [0.1, 0.15) is 25.0 Å². The molecule has 0 fully saturated rings. The molecule has 1 nitrogen and oxygen atoms in total. The SMILES string of the molecule is C/C=C\C(=C/C)N(c1ccccc1)c1ccc(/C=C/c2ccccc2)cc1. The first kappa shape index (κ1) is 18.5. The summed E-state index contributed by atoms with van der Waals surface area (Å²) in [6, 6.07) is 29.5. The van der Waals surface area contributed by atoms with Gasteiger partial charge in [0.25, 0.3) is 0 Å². The van der Waals surface area contributed by atoms with Gasteiger partial charge in [0.15, 0.2) is 0 Å². The van der Waals surface area contributed by atoms with Crippen LogP contribution in [0.3, 0.4) is 0 Å². The van der Waals surface area contributed by atoms with Gasteiger partial charge in [0, 0.05) is 17.1 Å². The van der Waals surface area contributed by atoms with Gasteiger partial charge in [-0.05, 0) is 55.3 Å². The third kappa shape index (κ3) is 4.86. The Morgan fingerprint density at radius 2 is 1.15 bits per heavy atom. The van der Waals surface area contributed by atoms with Crippen LogP contribution < -0.4 is 4.90 Å². The number of benzene rings is 3. The summed E-state index contributed by atoms with van der Waals surface area (Å²) in [7, 11) is 0. The van der Waals surface area contributed by atoms with Gasteiger partial charge in [0.1, 0.15) is 0 Å². The molecule has 1 heteroatoms. The summed E-state index contributed by atoms with van der Waals surface area (Å²) in [5.74, 6) is 0. The number of rotatable bonds is 6. The summed E-state index contributed by atoms with van der Waals surface area (Å²) in [5, 5.41) is 0. The van der Waals surface area contributed by atoms with Gasteiger partial charge in [-0.25, -0.2) is 0 Å². The molecule has 0 N–H and O–H groups in total. The third-order valence-corrected chi connectivity index (χ3v) is 4.32. The number of hydrogen-bond acceptors (Lipinski definition) is 1. The highest BCUT2D eigenvalue weighted by Crippen LogP contribution is 2.30. The standard InChI is InChI=1S/C26H25N/c1-3-11-24(4-2)27(25-14-9-6-10-15-25)26-20-18-23(19-21-26)17-16-22-12-7-5-8-13-22/h3-21H,1-2H3/b11-3-,17-16+,24-4+. The molecule has 0 amide bonds. The summed E-state index contributed by atoms with van der Waals surface area (Å²) in [6.45, 7) is 4.12. The first-order valence-electron chi connectivity index (χ1n) is 9.29. The molecule has 27 heavy (non-hydrogen) atoms. The van der Waals surface area contributed by atoms with Gasteiger partial charge in [-0.1, -0.05) is 85.0 Å². The lowest BCUT2D eigenvalue weighted by molar-refractivity contribution is 1.20. The molecule has 0 saturated heterocycles. The van der Waals surface area contributed by atoms with E-state index < -0.39 is 0 Å². The van der Waals surface area contributed by atoms with Crippen molar-refractivity contribution in [1.82, 2.24) is 0 Å². The fourth-order valence-corrected chi connectivity index (χ4v) is 2.99. The summed E-state index contributed by atoms with van der Waals surface area (Å²) >= 11 is 0. The van der Waals surface area contributed by atoms with Crippen molar-refractivity contribution in [2.24, 2.45) is 0 Å². The van der Waals surface area contributed by atoms with Gasteiger partial charge in [-0.15, -0.1) is 0 Å². The summed E-state index contributed by atoms with van der Waals surface area (Å²) in [4.78, 5) is 2.27. The molecule has 3 aromatic rings. The Morgan fingerprint density at radius 1 is 0.630 bits per heavy atom. The first-order valence-corrected chi connectivity index (χ1v) is 9.29. The van der Waals surface area contributed by atoms with Crippen molar-refractivity contribution >= 4 is 23.5 Å². The van der Waals surface area contributed by atoms with E-state index in [1.54, 1.807) is 0 Å². The van der Waals surface area contributed by atoms with Crippen molar-refractivity contribution in [1.29, 1.82) is 0 Å². The minimum atomic E-state index is 1.14. The second-order valence-electron chi connectivity index (χ2n) is 6.22. The molecule has 0 aliphatic carbocycles. The van der Waals surface area contributed by atoms with E-state index in [0.717, 1.165) is 17.1 Å². The molecule has 0 aliphatic rings. The molecule has 0 aliphatic heterocycles.